The van der Waals surface area contributed by atoms with E-state index in [0.717, 1.165) is 11.1 Å². The predicted octanol–water partition coefficient (Wildman–Crippen LogP) is 6.29. The molecule has 0 aromatic heterocycles. The zero-order chi connectivity index (χ0) is 23.8. The largest absolute Gasteiger partial charge is 0.478 e. The minimum atomic E-state index is -0.913. The van der Waals surface area contributed by atoms with Crippen LogP contribution in [0, 0.1) is 17.3 Å². The van der Waals surface area contributed by atoms with Gasteiger partial charge in [0.25, 0.3) is 0 Å². The molecule has 0 aliphatic heterocycles. The number of aliphatic carboxylic acids is 1. The van der Waals surface area contributed by atoms with Crippen molar-refractivity contribution in [3.8, 4) is 11.8 Å². The third kappa shape index (κ3) is 5.34. The van der Waals surface area contributed by atoms with Crippen LogP contribution in [0.1, 0.15) is 59.4 Å². The standard InChI is InChI=1S/C26H31Cl2NO3/c1-7-32-24-22(18-9-8-17(27)14-20(18)28)23(24)29(15(2)3)21-13-16(10-11-26(4,5)6)12-19(21)25(30)31/h8-9,13-15,22-24H,7,12H2,1-6H3,(H,30,31). The van der Waals surface area contributed by atoms with Gasteiger partial charge in [0.15, 0.2) is 0 Å². The van der Waals surface area contributed by atoms with Crippen LogP contribution in [-0.4, -0.2) is 40.8 Å². The molecule has 0 radical (unpaired) electrons. The highest BCUT2D eigenvalue weighted by atomic mass is 35.5. The fourth-order valence-electron chi connectivity index (χ4n) is 4.26. The van der Waals surface area contributed by atoms with E-state index in [4.69, 9.17) is 27.9 Å². The molecule has 172 valence electrons. The average Bonchev–Trinajstić information content (AvgIpc) is 3.17. The van der Waals surface area contributed by atoms with Gasteiger partial charge in [-0.1, -0.05) is 41.1 Å². The lowest BCUT2D eigenvalue weighted by Gasteiger charge is -2.31. The van der Waals surface area contributed by atoms with Crippen LogP contribution in [0.15, 0.2) is 41.1 Å². The molecule has 1 aromatic carbocycles. The number of benzene rings is 1. The summed E-state index contributed by atoms with van der Waals surface area (Å²) in [5.74, 6) is 5.54. The first kappa shape index (κ1) is 24.7. The lowest BCUT2D eigenvalue weighted by molar-refractivity contribution is -0.132. The van der Waals surface area contributed by atoms with Crippen molar-refractivity contribution in [3.05, 3.63) is 56.7 Å². The molecule has 1 N–H and O–H groups in total. The van der Waals surface area contributed by atoms with E-state index in [1.165, 1.54) is 0 Å². The van der Waals surface area contributed by atoms with E-state index in [1.54, 1.807) is 6.07 Å². The van der Waals surface area contributed by atoms with Gasteiger partial charge in [0.05, 0.1) is 17.7 Å². The van der Waals surface area contributed by atoms with Crippen molar-refractivity contribution >= 4 is 29.2 Å². The average molecular weight is 476 g/mol. The maximum atomic E-state index is 12.1. The van der Waals surface area contributed by atoms with Crippen LogP contribution in [0.5, 0.6) is 0 Å². The number of rotatable bonds is 7. The minimum Gasteiger partial charge on any atom is -0.478 e. The van der Waals surface area contributed by atoms with Crippen molar-refractivity contribution in [1.82, 2.24) is 4.90 Å². The van der Waals surface area contributed by atoms with Gasteiger partial charge in [-0.15, -0.1) is 0 Å². The number of nitrogens with zero attached hydrogens (tertiary/aromatic N) is 1. The van der Waals surface area contributed by atoms with Gasteiger partial charge < -0.3 is 14.7 Å². The van der Waals surface area contributed by atoms with Crippen LogP contribution in [-0.2, 0) is 9.53 Å². The molecular weight excluding hydrogens is 445 g/mol. The topological polar surface area (TPSA) is 49.8 Å². The van der Waals surface area contributed by atoms with E-state index in [-0.39, 0.29) is 29.5 Å². The summed E-state index contributed by atoms with van der Waals surface area (Å²) in [6.45, 7) is 12.8. The normalized spacial score (nSPS) is 22.5. The van der Waals surface area contributed by atoms with Crippen LogP contribution in [0.4, 0.5) is 0 Å². The second-order valence-electron chi connectivity index (χ2n) is 9.62. The molecule has 3 rings (SSSR count). The van der Waals surface area contributed by atoms with Crippen molar-refractivity contribution in [2.45, 2.75) is 72.1 Å². The van der Waals surface area contributed by atoms with E-state index in [2.05, 4.69) is 30.6 Å². The molecule has 0 spiro atoms. The summed E-state index contributed by atoms with van der Waals surface area (Å²) in [4.78, 5) is 14.3. The van der Waals surface area contributed by atoms with Gasteiger partial charge in [-0.05, 0) is 65.3 Å². The fourth-order valence-corrected chi connectivity index (χ4v) is 4.79. The quantitative estimate of drug-likeness (QED) is 0.470. The minimum absolute atomic E-state index is 0.0239. The maximum Gasteiger partial charge on any atom is 0.334 e. The number of halogens is 2. The summed E-state index contributed by atoms with van der Waals surface area (Å²) >= 11 is 12.6. The van der Waals surface area contributed by atoms with Gasteiger partial charge in [0, 0.05) is 51.7 Å². The van der Waals surface area contributed by atoms with E-state index >= 15 is 0 Å². The molecule has 1 fully saturated rings. The molecule has 0 bridgehead atoms. The highest BCUT2D eigenvalue weighted by molar-refractivity contribution is 6.35. The zero-order valence-electron chi connectivity index (χ0n) is 19.5. The second kappa shape index (κ2) is 9.51. The molecule has 2 aliphatic rings. The molecule has 0 amide bonds. The Labute approximate surface area is 201 Å². The summed E-state index contributed by atoms with van der Waals surface area (Å²) < 4.78 is 6.07. The number of carboxylic acids is 1. The lowest BCUT2D eigenvalue weighted by atomic mass is 9.97. The Balaban J connectivity index is 2.02. The molecule has 6 heteroatoms. The Bertz CT molecular complexity index is 1020. The lowest BCUT2D eigenvalue weighted by Crippen LogP contribution is -2.35. The summed E-state index contributed by atoms with van der Waals surface area (Å²) in [6, 6.07) is 5.56. The molecule has 1 aromatic rings. The monoisotopic (exact) mass is 475 g/mol. The number of ether oxygens (including phenoxy) is 1. The number of carbonyl (C=O) groups is 1. The Hall–Kier alpha value is -1.93. The first-order valence-corrected chi connectivity index (χ1v) is 11.7. The van der Waals surface area contributed by atoms with Gasteiger partial charge in [-0.3, -0.25) is 0 Å². The van der Waals surface area contributed by atoms with Crippen molar-refractivity contribution < 1.29 is 14.6 Å². The van der Waals surface area contributed by atoms with Crippen LogP contribution in [0.2, 0.25) is 10.0 Å². The highest BCUT2D eigenvalue weighted by Crippen LogP contribution is 2.52. The third-order valence-corrected chi connectivity index (χ3v) is 6.16. The van der Waals surface area contributed by atoms with Gasteiger partial charge in [0.2, 0.25) is 0 Å². The summed E-state index contributed by atoms with van der Waals surface area (Å²) in [6.07, 6.45) is 2.18. The number of allylic oxidation sites excluding steroid dienone is 2. The third-order valence-electron chi connectivity index (χ3n) is 5.60. The molecule has 32 heavy (non-hydrogen) atoms. The van der Waals surface area contributed by atoms with Crippen molar-refractivity contribution in [1.29, 1.82) is 0 Å². The molecular formula is C26H31Cl2NO3. The highest BCUT2D eigenvalue weighted by Gasteiger charge is 2.57. The Morgan fingerprint density at radius 3 is 2.53 bits per heavy atom. The number of carboxylic acid groups (broad SMARTS) is 1. The maximum absolute atomic E-state index is 12.1. The molecule has 3 unspecified atom stereocenters. The SMILES string of the molecule is CCOC1C(c2ccc(Cl)cc2Cl)C1N(C1=C(C(=O)O)CC(C#CC(C)(C)C)=C1)C(C)C. The van der Waals surface area contributed by atoms with Crippen LogP contribution < -0.4 is 0 Å². The van der Waals surface area contributed by atoms with Crippen LogP contribution >= 0.6 is 23.2 Å². The number of hydrogen-bond donors (Lipinski definition) is 1. The van der Waals surface area contributed by atoms with Gasteiger partial charge >= 0.3 is 5.97 Å². The van der Waals surface area contributed by atoms with Crippen LogP contribution in [0.3, 0.4) is 0 Å². The smallest absolute Gasteiger partial charge is 0.334 e. The Morgan fingerprint density at radius 1 is 1.31 bits per heavy atom. The summed E-state index contributed by atoms with van der Waals surface area (Å²) in [5, 5.41) is 11.1. The zero-order valence-corrected chi connectivity index (χ0v) is 21.0. The Morgan fingerprint density at radius 2 is 2.00 bits per heavy atom. The number of hydrogen-bond acceptors (Lipinski definition) is 3. The second-order valence-corrected chi connectivity index (χ2v) is 10.5. The van der Waals surface area contributed by atoms with E-state index in [0.29, 0.717) is 34.3 Å². The first-order chi connectivity index (χ1) is 14.9. The predicted molar refractivity (Wildman–Crippen MR) is 130 cm³/mol. The fraction of sp³-hybridized carbons (Fsp3) is 0.500. The molecule has 0 saturated heterocycles. The molecule has 0 heterocycles. The first-order valence-electron chi connectivity index (χ1n) is 11.0. The van der Waals surface area contributed by atoms with E-state index in [1.807, 2.05) is 45.9 Å². The van der Waals surface area contributed by atoms with Gasteiger partial charge in [0.1, 0.15) is 0 Å². The Kier molecular flexibility index (Phi) is 7.34. The van der Waals surface area contributed by atoms with Gasteiger partial charge in [-0.2, -0.15) is 0 Å². The van der Waals surface area contributed by atoms with Gasteiger partial charge in [-0.25, -0.2) is 4.79 Å². The van der Waals surface area contributed by atoms with Crippen molar-refractivity contribution in [2.24, 2.45) is 5.41 Å². The molecule has 1 saturated carbocycles. The van der Waals surface area contributed by atoms with E-state index in [9.17, 15) is 9.90 Å². The molecule has 3 atom stereocenters. The van der Waals surface area contributed by atoms with Crippen LogP contribution in [0.25, 0.3) is 0 Å². The summed E-state index contributed by atoms with van der Waals surface area (Å²) in [7, 11) is 0. The van der Waals surface area contributed by atoms with Crippen molar-refractivity contribution in [2.75, 3.05) is 6.61 Å². The van der Waals surface area contributed by atoms with E-state index < -0.39 is 5.97 Å². The molecule has 2 aliphatic carbocycles. The summed E-state index contributed by atoms with van der Waals surface area (Å²) in [5.41, 5.74) is 2.73. The van der Waals surface area contributed by atoms with Crippen molar-refractivity contribution in [3.63, 3.8) is 0 Å². The molecule has 4 nitrogen and oxygen atoms in total.